The van der Waals surface area contributed by atoms with Crippen molar-refractivity contribution < 1.29 is 14.0 Å². The first-order valence-electron chi connectivity index (χ1n) is 3.72. The Labute approximate surface area is 74.7 Å². The standard InChI is InChI=1S/C8H10N2O3/c9-7(11)3-5-1-2-6(13-5)4-8(10)12/h1-2H,3-4H2,(H2,9,11)(H2,10,12). The van der Waals surface area contributed by atoms with Crippen molar-refractivity contribution in [3.63, 3.8) is 0 Å². The molecule has 1 heterocycles. The smallest absolute Gasteiger partial charge is 0.225 e. The van der Waals surface area contributed by atoms with Crippen LogP contribution in [0, 0.1) is 0 Å². The van der Waals surface area contributed by atoms with E-state index in [4.69, 9.17) is 15.9 Å². The second-order valence-corrected chi connectivity index (χ2v) is 2.65. The van der Waals surface area contributed by atoms with Gasteiger partial charge in [-0.15, -0.1) is 0 Å². The van der Waals surface area contributed by atoms with E-state index in [-0.39, 0.29) is 12.8 Å². The van der Waals surface area contributed by atoms with Crippen LogP contribution >= 0.6 is 0 Å². The van der Waals surface area contributed by atoms with Crippen molar-refractivity contribution >= 4 is 11.8 Å². The molecular formula is C8H10N2O3. The van der Waals surface area contributed by atoms with Crippen LogP contribution in [0.15, 0.2) is 16.5 Å². The van der Waals surface area contributed by atoms with E-state index in [1.165, 1.54) is 0 Å². The zero-order valence-corrected chi connectivity index (χ0v) is 6.95. The molecule has 5 heteroatoms. The molecule has 0 aromatic carbocycles. The van der Waals surface area contributed by atoms with E-state index in [2.05, 4.69) is 0 Å². The van der Waals surface area contributed by atoms with Gasteiger partial charge in [0.1, 0.15) is 11.5 Å². The molecule has 0 bridgehead atoms. The molecule has 1 aromatic heterocycles. The summed E-state index contributed by atoms with van der Waals surface area (Å²) in [5, 5.41) is 0. The molecule has 0 aliphatic carbocycles. The first-order valence-corrected chi connectivity index (χ1v) is 3.72. The summed E-state index contributed by atoms with van der Waals surface area (Å²) in [5.74, 6) is -0.0487. The van der Waals surface area contributed by atoms with Crippen molar-refractivity contribution in [3.05, 3.63) is 23.7 Å². The molecule has 0 radical (unpaired) electrons. The zero-order valence-electron chi connectivity index (χ0n) is 6.95. The third-order valence-corrected chi connectivity index (χ3v) is 1.41. The lowest BCUT2D eigenvalue weighted by Gasteiger charge is -1.91. The van der Waals surface area contributed by atoms with Crippen LogP contribution in [-0.4, -0.2) is 11.8 Å². The van der Waals surface area contributed by atoms with Crippen molar-refractivity contribution in [3.8, 4) is 0 Å². The number of hydrogen-bond acceptors (Lipinski definition) is 3. The highest BCUT2D eigenvalue weighted by Gasteiger charge is 2.06. The van der Waals surface area contributed by atoms with Crippen LogP contribution in [0.4, 0.5) is 0 Å². The van der Waals surface area contributed by atoms with Gasteiger partial charge in [-0.25, -0.2) is 0 Å². The molecule has 0 atom stereocenters. The topological polar surface area (TPSA) is 99.3 Å². The fourth-order valence-corrected chi connectivity index (χ4v) is 0.956. The Morgan fingerprint density at radius 2 is 1.46 bits per heavy atom. The van der Waals surface area contributed by atoms with Gasteiger partial charge in [-0.1, -0.05) is 0 Å². The number of hydrogen-bond donors (Lipinski definition) is 2. The molecular weight excluding hydrogens is 172 g/mol. The maximum absolute atomic E-state index is 10.5. The lowest BCUT2D eigenvalue weighted by atomic mass is 10.3. The second-order valence-electron chi connectivity index (χ2n) is 2.65. The largest absolute Gasteiger partial charge is 0.465 e. The predicted octanol–water partition coefficient (Wildman–Crippen LogP) is -0.665. The molecule has 0 unspecified atom stereocenters. The average Bonchev–Trinajstić information content (AvgIpc) is 2.33. The van der Waals surface area contributed by atoms with Crippen LogP contribution in [0.5, 0.6) is 0 Å². The van der Waals surface area contributed by atoms with Crippen molar-refractivity contribution in [2.75, 3.05) is 0 Å². The summed E-state index contributed by atoms with van der Waals surface area (Å²) in [6, 6.07) is 3.20. The van der Waals surface area contributed by atoms with Gasteiger partial charge in [0.15, 0.2) is 0 Å². The number of rotatable bonds is 4. The second kappa shape index (κ2) is 3.75. The van der Waals surface area contributed by atoms with E-state index in [1.807, 2.05) is 0 Å². The van der Waals surface area contributed by atoms with E-state index in [0.29, 0.717) is 11.5 Å². The van der Waals surface area contributed by atoms with Crippen LogP contribution < -0.4 is 11.5 Å². The Balaban J connectivity index is 2.63. The summed E-state index contributed by atoms with van der Waals surface area (Å²) in [6.45, 7) is 0. The van der Waals surface area contributed by atoms with Gasteiger partial charge < -0.3 is 15.9 Å². The Morgan fingerprint density at radius 3 is 1.77 bits per heavy atom. The highest BCUT2D eigenvalue weighted by atomic mass is 16.3. The van der Waals surface area contributed by atoms with Gasteiger partial charge in [-0.2, -0.15) is 0 Å². The molecule has 70 valence electrons. The fraction of sp³-hybridized carbons (Fsp3) is 0.250. The number of carbonyl (C=O) groups is 2. The first kappa shape index (κ1) is 9.31. The maximum atomic E-state index is 10.5. The van der Waals surface area contributed by atoms with Gasteiger partial charge in [0, 0.05) is 0 Å². The number of furan rings is 1. The van der Waals surface area contributed by atoms with Gasteiger partial charge in [0.2, 0.25) is 11.8 Å². The van der Waals surface area contributed by atoms with Crippen molar-refractivity contribution in [2.24, 2.45) is 11.5 Å². The van der Waals surface area contributed by atoms with Crippen LogP contribution in [-0.2, 0) is 22.4 Å². The summed E-state index contributed by atoms with van der Waals surface area (Å²) < 4.78 is 5.10. The highest BCUT2D eigenvalue weighted by Crippen LogP contribution is 2.08. The quantitative estimate of drug-likeness (QED) is 0.646. The SMILES string of the molecule is NC(=O)Cc1ccc(CC(N)=O)o1. The summed E-state index contributed by atoms with van der Waals surface area (Å²) in [6.07, 6.45) is 0.0809. The average molecular weight is 182 g/mol. The molecule has 0 aliphatic heterocycles. The molecule has 0 saturated heterocycles. The number of nitrogens with two attached hydrogens (primary N) is 2. The van der Waals surface area contributed by atoms with E-state index < -0.39 is 11.8 Å². The normalized spacial score (nSPS) is 9.85. The maximum Gasteiger partial charge on any atom is 0.225 e. The number of primary amides is 2. The van der Waals surface area contributed by atoms with Crippen molar-refractivity contribution in [2.45, 2.75) is 12.8 Å². The minimum Gasteiger partial charge on any atom is -0.465 e. The monoisotopic (exact) mass is 182 g/mol. The van der Waals surface area contributed by atoms with Gasteiger partial charge in [0.25, 0.3) is 0 Å². The van der Waals surface area contributed by atoms with Gasteiger partial charge in [-0.05, 0) is 12.1 Å². The van der Waals surface area contributed by atoms with Gasteiger partial charge in [0.05, 0.1) is 12.8 Å². The molecule has 2 amide bonds. The molecule has 0 saturated carbocycles. The minimum absolute atomic E-state index is 0.0404. The number of amides is 2. The molecule has 0 spiro atoms. The van der Waals surface area contributed by atoms with Crippen LogP contribution in [0.25, 0.3) is 0 Å². The Bertz CT molecular complexity index is 299. The Hall–Kier alpha value is -1.78. The summed E-state index contributed by atoms with van der Waals surface area (Å²) in [5.41, 5.74) is 9.89. The van der Waals surface area contributed by atoms with E-state index >= 15 is 0 Å². The minimum atomic E-state index is -0.472. The summed E-state index contributed by atoms with van der Waals surface area (Å²) in [4.78, 5) is 20.9. The van der Waals surface area contributed by atoms with E-state index in [9.17, 15) is 9.59 Å². The molecule has 1 rings (SSSR count). The molecule has 0 aliphatic rings. The summed E-state index contributed by atoms with van der Waals surface area (Å²) >= 11 is 0. The molecule has 4 N–H and O–H groups in total. The van der Waals surface area contributed by atoms with E-state index in [1.54, 1.807) is 12.1 Å². The predicted molar refractivity (Wildman–Crippen MR) is 44.5 cm³/mol. The highest BCUT2D eigenvalue weighted by molar-refractivity contribution is 5.77. The van der Waals surface area contributed by atoms with Crippen LogP contribution in [0.3, 0.4) is 0 Å². The van der Waals surface area contributed by atoms with Crippen molar-refractivity contribution in [1.82, 2.24) is 0 Å². The third kappa shape index (κ3) is 2.98. The fourth-order valence-electron chi connectivity index (χ4n) is 0.956. The summed E-state index contributed by atoms with van der Waals surface area (Å²) in [7, 11) is 0. The lowest BCUT2D eigenvalue weighted by Crippen LogP contribution is -2.13. The Morgan fingerprint density at radius 1 is 1.08 bits per heavy atom. The molecule has 5 nitrogen and oxygen atoms in total. The lowest BCUT2D eigenvalue weighted by molar-refractivity contribution is -0.118. The van der Waals surface area contributed by atoms with Crippen LogP contribution in [0.1, 0.15) is 11.5 Å². The van der Waals surface area contributed by atoms with E-state index in [0.717, 1.165) is 0 Å². The van der Waals surface area contributed by atoms with Crippen LogP contribution in [0.2, 0.25) is 0 Å². The van der Waals surface area contributed by atoms with Gasteiger partial charge >= 0.3 is 0 Å². The molecule has 13 heavy (non-hydrogen) atoms. The molecule has 1 aromatic rings. The first-order chi connectivity index (χ1) is 6.08. The Kier molecular flexibility index (Phi) is 2.69. The number of carbonyl (C=O) groups excluding carboxylic acids is 2. The zero-order chi connectivity index (χ0) is 9.84. The van der Waals surface area contributed by atoms with Gasteiger partial charge in [-0.3, -0.25) is 9.59 Å². The van der Waals surface area contributed by atoms with Crippen molar-refractivity contribution in [1.29, 1.82) is 0 Å². The molecule has 0 fully saturated rings. The third-order valence-electron chi connectivity index (χ3n) is 1.41.